The molecule has 0 spiro atoms. The van der Waals surface area contributed by atoms with Crippen LogP contribution in [-0.4, -0.2) is 61.5 Å². The Kier molecular flexibility index (Phi) is 6.37. The van der Waals surface area contributed by atoms with E-state index in [1.54, 1.807) is 11.0 Å². The van der Waals surface area contributed by atoms with E-state index in [4.69, 9.17) is 14.2 Å². The molecule has 2 aliphatic heterocycles. The number of hydrogen-bond donors (Lipinski definition) is 0. The highest BCUT2D eigenvalue weighted by molar-refractivity contribution is 5.96. The van der Waals surface area contributed by atoms with Crippen LogP contribution in [-0.2, 0) is 14.2 Å². The quantitative estimate of drug-likeness (QED) is 0.341. The molecule has 8 rings (SSSR count). The number of ether oxygens (including phenoxy) is 4. The highest BCUT2D eigenvalue weighted by atomic mass is 19.2. The predicted molar refractivity (Wildman–Crippen MR) is 143 cm³/mol. The summed E-state index contributed by atoms with van der Waals surface area (Å²) in [5.74, 6) is -2.56. The summed E-state index contributed by atoms with van der Waals surface area (Å²) in [4.78, 5) is 40.1. The zero-order chi connectivity index (χ0) is 29.1. The van der Waals surface area contributed by atoms with E-state index in [0.29, 0.717) is 24.0 Å². The number of morpholine rings is 1. The number of amides is 1. The van der Waals surface area contributed by atoms with E-state index in [-0.39, 0.29) is 43.0 Å². The molecule has 2 atom stereocenters. The molecule has 0 radical (unpaired) electrons. The summed E-state index contributed by atoms with van der Waals surface area (Å²) in [6.07, 6.45) is 1.22. The summed E-state index contributed by atoms with van der Waals surface area (Å²) in [5, 5.41) is 1.88. The SMILES string of the molecule is COC(=O)OCOc1c2n(ccc1=O)N(C1c3ccccc3C3CC(C3)c3c1ccc(F)c3F)C1COCCN1C2=O. The van der Waals surface area contributed by atoms with E-state index in [1.807, 2.05) is 23.2 Å². The van der Waals surface area contributed by atoms with E-state index in [1.165, 1.54) is 16.9 Å². The van der Waals surface area contributed by atoms with Gasteiger partial charge in [0.25, 0.3) is 5.91 Å². The van der Waals surface area contributed by atoms with Gasteiger partial charge in [0.2, 0.25) is 18.0 Å². The van der Waals surface area contributed by atoms with E-state index >= 15 is 4.39 Å². The smallest absolute Gasteiger partial charge is 0.451 e. The van der Waals surface area contributed by atoms with Crippen molar-refractivity contribution in [3.8, 4) is 5.75 Å². The van der Waals surface area contributed by atoms with Crippen LogP contribution in [0.5, 0.6) is 5.75 Å². The Morgan fingerprint density at radius 2 is 1.81 bits per heavy atom. The molecular formula is C30H27F2N3O7. The summed E-state index contributed by atoms with van der Waals surface area (Å²) >= 11 is 0. The lowest BCUT2D eigenvalue weighted by atomic mass is 9.63. The number of aromatic nitrogens is 1. The molecule has 1 amide bonds. The maximum absolute atomic E-state index is 15.6. The molecule has 42 heavy (non-hydrogen) atoms. The molecule has 1 saturated carbocycles. The molecule has 2 aromatic carbocycles. The first-order valence-electron chi connectivity index (χ1n) is 13.7. The number of halogens is 2. The summed E-state index contributed by atoms with van der Waals surface area (Å²) in [6.45, 7) is -0.0206. The van der Waals surface area contributed by atoms with Crippen LogP contribution in [0.25, 0.3) is 0 Å². The van der Waals surface area contributed by atoms with E-state index in [2.05, 4.69) is 10.8 Å². The lowest BCUT2D eigenvalue weighted by molar-refractivity contribution is -0.0210. The van der Waals surface area contributed by atoms with Gasteiger partial charge >= 0.3 is 6.16 Å². The van der Waals surface area contributed by atoms with Crippen molar-refractivity contribution in [3.63, 3.8) is 0 Å². The van der Waals surface area contributed by atoms with Crippen LogP contribution in [0.3, 0.4) is 0 Å². The molecule has 5 aliphatic rings. The van der Waals surface area contributed by atoms with Crippen LogP contribution in [0.2, 0.25) is 0 Å². The molecule has 2 bridgehead atoms. The Balaban J connectivity index is 1.46. The van der Waals surface area contributed by atoms with Gasteiger partial charge in [-0.05, 0) is 53.0 Å². The van der Waals surface area contributed by atoms with Crippen LogP contribution in [0.4, 0.5) is 13.6 Å². The number of methoxy groups -OCH3 is 1. The number of hydrogen-bond acceptors (Lipinski definition) is 8. The fourth-order valence-electron chi connectivity index (χ4n) is 6.78. The Labute approximate surface area is 238 Å². The molecule has 3 aliphatic carbocycles. The van der Waals surface area contributed by atoms with E-state index in [0.717, 1.165) is 24.3 Å². The van der Waals surface area contributed by atoms with Crippen molar-refractivity contribution >= 4 is 12.1 Å². The number of nitrogens with zero attached hydrogens (tertiary/aromatic N) is 3. The summed E-state index contributed by atoms with van der Waals surface area (Å²) < 4.78 is 52.5. The van der Waals surface area contributed by atoms with Crippen molar-refractivity contribution < 1.29 is 37.3 Å². The fourth-order valence-corrected chi connectivity index (χ4v) is 6.78. The molecule has 218 valence electrons. The number of benzene rings is 2. The molecule has 3 aromatic rings. The third-order valence-electron chi connectivity index (χ3n) is 8.70. The Morgan fingerprint density at radius 3 is 2.60 bits per heavy atom. The van der Waals surface area contributed by atoms with E-state index < -0.39 is 48.1 Å². The second-order valence-corrected chi connectivity index (χ2v) is 10.8. The third kappa shape index (κ3) is 3.96. The third-order valence-corrected chi connectivity index (χ3v) is 8.70. The van der Waals surface area contributed by atoms with Gasteiger partial charge in [-0.15, -0.1) is 0 Å². The molecule has 10 nitrogen and oxygen atoms in total. The Hall–Kier alpha value is -4.45. The van der Waals surface area contributed by atoms with Gasteiger partial charge in [0.05, 0.1) is 26.4 Å². The fraction of sp³-hybridized carbons (Fsp3) is 0.367. The minimum Gasteiger partial charge on any atom is -0.451 e. The van der Waals surface area contributed by atoms with Crippen LogP contribution >= 0.6 is 0 Å². The van der Waals surface area contributed by atoms with Gasteiger partial charge in [0.15, 0.2) is 17.3 Å². The van der Waals surface area contributed by atoms with Crippen molar-refractivity contribution in [1.29, 1.82) is 0 Å². The van der Waals surface area contributed by atoms with Crippen molar-refractivity contribution in [2.75, 3.05) is 38.7 Å². The normalized spacial score (nSPS) is 23.7. The number of carbonyl (C=O) groups is 2. The molecule has 12 heteroatoms. The minimum absolute atomic E-state index is 0.0806. The number of carbonyl (C=O) groups excluding carboxylic acids is 2. The van der Waals surface area contributed by atoms with Crippen molar-refractivity contribution in [2.45, 2.75) is 36.9 Å². The summed E-state index contributed by atoms with van der Waals surface area (Å²) in [7, 11) is 1.13. The molecule has 1 aromatic heterocycles. The first kappa shape index (κ1) is 26.4. The average Bonchev–Trinajstić information content (AvgIpc) is 2.97. The molecular weight excluding hydrogens is 552 g/mol. The van der Waals surface area contributed by atoms with Gasteiger partial charge < -0.3 is 23.8 Å². The topological polar surface area (TPSA) is 99.5 Å². The van der Waals surface area contributed by atoms with Gasteiger partial charge in [-0.3, -0.25) is 19.3 Å². The number of fused-ring (bicyclic) bond motifs is 2. The second-order valence-electron chi connectivity index (χ2n) is 10.8. The highest BCUT2D eigenvalue weighted by Gasteiger charge is 2.49. The van der Waals surface area contributed by atoms with E-state index in [9.17, 15) is 18.8 Å². The van der Waals surface area contributed by atoms with Crippen molar-refractivity contribution in [3.05, 3.63) is 98.5 Å². The second kappa shape index (κ2) is 10.1. The first-order chi connectivity index (χ1) is 20.4. The number of rotatable bonds is 4. The number of pyridine rings is 1. The first-order valence-corrected chi connectivity index (χ1v) is 13.7. The van der Waals surface area contributed by atoms with Gasteiger partial charge in [0, 0.05) is 18.8 Å². The standard InChI is InChI=1S/C30H27F2N3O7/c1-39-30(38)42-15-41-28-22(36)8-9-34-27(28)29(37)33-10-11-40-14-23(33)35(34)26-19-5-3-2-4-18(19)16-12-17(13-16)24-20(26)6-7-21(31)25(24)32/h2-9,16-17,23,26H,10-15H2,1H3. The predicted octanol–water partition coefficient (Wildman–Crippen LogP) is 3.76. The maximum atomic E-state index is 15.6. The van der Waals surface area contributed by atoms with Crippen LogP contribution < -0.4 is 15.2 Å². The zero-order valence-corrected chi connectivity index (χ0v) is 22.6. The maximum Gasteiger partial charge on any atom is 0.510 e. The van der Waals surface area contributed by atoms with Gasteiger partial charge in [-0.25, -0.2) is 13.6 Å². The largest absolute Gasteiger partial charge is 0.510 e. The molecule has 2 unspecified atom stereocenters. The monoisotopic (exact) mass is 579 g/mol. The summed E-state index contributed by atoms with van der Waals surface area (Å²) in [6, 6.07) is 11.2. The molecule has 1 saturated heterocycles. The van der Waals surface area contributed by atoms with Gasteiger partial charge in [-0.1, -0.05) is 30.3 Å². The Morgan fingerprint density at radius 1 is 1.02 bits per heavy atom. The lowest BCUT2D eigenvalue weighted by Gasteiger charge is -2.53. The summed E-state index contributed by atoms with van der Waals surface area (Å²) in [5.41, 5.74) is 2.21. The van der Waals surface area contributed by atoms with Crippen molar-refractivity contribution in [2.24, 2.45) is 0 Å². The van der Waals surface area contributed by atoms with Crippen molar-refractivity contribution in [1.82, 2.24) is 9.58 Å². The van der Waals surface area contributed by atoms with Gasteiger partial charge in [-0.2, -0.15) is 0 Å². The van der Waals surface area contributed by atoms with Crippen LogP contribution in [0.1, 0.15) is 63.5 Å². The van der Waals surface area contributed by atoms with Gasteiger partial charge in [0.1, 0.15) is 6.17 Å². The lowest BCUT2D eigenvalue weighted by Crippen LogP contribution is -2.66. The Bertz CT molecular complexity index is 1650. The highest BCUT2D eigenvalue weighted by Crippen LogP contribution is 2.55. The molecule has 3 heterocycles. The molecule has 0 N–H and O–H groups in total. The van der Waals surface area contributed by atoms with Crippen LogP contribution in [0.15, 0.2) is 53.5 Å². The minimum atomic E-state index is -1.02. The molecule has 2 fully saturated rings. The average molecular weight is 580 g/mol. The zero-order valence-electron chi connectivity index (χ0n) is 22.6. The van der Waals surface area contributed by atoms with Crippen LogP contribution in [0, 0.1) is 11.6 Å².